The number of benzene rings is 1. The summed E-state index contributed by atoms with van der Waals surface area (Å²) < 4.78 is 26.9. The SMILES string of the molecule is O=C(c1cccc(F)c1F)N1CC[C@@H]2CCCC[C@@H]21. The topological polar surface area (TPSA) is 20.3 Å². The number of likely N-dealkylation sites (tertiary alicyclic amines) is 1. The van der Waals surface area contributed by atoms with Crippen LogP contribution in [0.5, 0.6) is 0 Å². The lowest BCUT2D eigenvalue weighted by molar-refractivity contribution is 0.0684. The van der Waals surface area contributed by atoms with Crippen molar-refractivity contribution in [2.45, 2.75) is 38.1 Å². The normalized spacial score (nSPS) is 26.3. The van der Waals surface area contributed by atoms with Crippen LogP contribution in [0.2, 0.25) is 0 Å². The first-order chi connectivity index (χ1) is 9.18. The predicted molar refractivity (Wildman–Crippen MR) is 67.8 cm³/mol. The van der Waals surface area contributed by atoms with Crippen molar-refractivity contribution < 1.29 is 13.6 Å². The summed E-state index contributed by atoms with van der Waals surface area (Å²) in [4.78, 5) is 14.1. The fourth-order valence-electron chi connectivity index (χ4n) is 3.48. The molecule has 0 aromatic heterocycles. The molecule has 1 heterocycles. The summed E-state index contributed by atoms with van der Waals surface area (Å²) in [5.41, 5.74) is -0.133. The van der Waals surface area contributed by atoms with Gasteiger partial charge in [0, 0.05) is 12.6 Å². The summed E-state index contributed by atoms with van der Waals surface area (Å²) in [5.74, 6) is -1.78. The quantitative estimate of drug-likeness (QED) is 0.762. The molecule has 2 nitrogen and oxygen atoms in total. The van der Waals surface area contributed by atoms with Gasteiger partial charge in [-0.2, -0.15) is 0 Å². The maximum absolute atomic E-state index is 13.7. The number of hydrogen-bond acceptors (Lipinski definition) is 1. The minimum Gasteiger partial charge on any atom is -0.335 e. The molecule has 102 valence electrons. The summed E-state index contributed by atoms with van der Waals surface area (Å²) in [7, 11) is 0. The van der Waals surface area contributed by atoms with Crippen molar-refractivity contribution in [1.82, 2.24) is 4.90 Å². The molecule has 1 aromatic carbocycles. The number of amides is 1. The average molecular weight is 265 g/mol. The van der Waals surface area contributed by atoms with Gasteiger partial charge in [-0.25, -0.2) is 8.78 Å². The largest absolute Gasteiger partial charge is 0.335 e. The molecule has 1 saturated carbocycles. The molecule has 1 amide bonds. The summed E-state index contributed by atoms with van der Waals surface area (Å²) in [6.07, 6.45) is 5.48. The van der Waals surface area contributed by atoms with Crippen LogP contribution in [0, 0.1) is 17.6 Å². The number of nitrogens with zero attached hydrogens (tertiary/aromatic N) is 1. The first-order valence-corrected chi connectivity index (χ1v) is 6.93. The molecule has 0 radical (unpaired) electrons. The number of rotatable bonds is 1. The lowest BCUT2D eigenvalue weighted by Crippen LogP contribution is -2.39. The smallest absolute Gasteiger partial charge is 0.257 e. The van der Waals surface area contributed by atoms with E-state index in [1.165, 1.54) is 18.6 Å². The van der Waals surface area contributed by atoms with E-state index in [1.54, 1.807) is 4.90 Å². The number of halogens is 2. The van der Waals surface area contributed by atoms with Crippen LogP contribution in [0.15, 0.2) is 18.2 Å². The maximum Gasteiger partial charge on any atom is 0.257 e. The number of hydrogen-bond donors (Lipinski definition) is 0. The van der Waals surface area contributed by atoms with Crippen molar-refractivity contribution >= 4 is 5.91 Å². The van der Waals surface area contributed by atoms with Crippen molar-refractivity contribution in [2.75, 3.05) is 6.54 Å². The van der Waals surface area contributed by atoms with Crippen molar-refractivity contribution in [1.29, 1.82) is 0 Å². The standard InChI is InChI=1S/C15H17F2NO/c16-12-6-3-5-11(14(12)17)15(19)18-9-8-10-4-1-2-7-13(10)18/h3,5-6,10,13H,1-2,4,7-9H2/t10-,13-/m0/s1. The maximum atomic E-state index is 13.7. The molecule has 3 rings (SSSR count). The van der Waals surface area contributed by atoms with Gasteiger partial charge in [-0.3, -0.25) is 4.79 Å². The Morgan fingerprint density at radius 3 is 2.79 bits per heavy atom. The van der Waals surface area contributed by atoms with Gasteiger partial charge in [-0.15, -0.1) is 0 Å². The molecule has 4 heteroatoms. The Bertz CT molecular complexity index is 503. The van der Waals surface area contributed by atoms with Crippen LogP contribution in [0.4, 0.5) is 8.78 Å². The van der Waals surface area contributed by atoms with Crippen molar-refractivity contribution in [2.24, 2.45) is 5.92 Å². The number of carbonyl (C=O) groups excluding carboxylic acids is 1. The zero-order chi connectivity index (χ0) is 13.4. The van der Waals surface area contributed by atoms with Gasteiger partial charge in [-0.05, 0) is 37.3 Å². The van der Waals surface area contributed by atoms with Gasteiger partial charge in [-0.1, -0.05) is 18.9 Å². The Hall–Kier alpha value is -1.45. The molecule has 2 fully saturated rings. The highest BCUT2D eigenvalue weighted by Crippen LogP contribution is 2.37. The minimum absolute atomic E-state index is 0.133. The van der Waals surface area contributed by atoms with E-state index in [-0.39, 0.29) is 17.5 Å². The molecular weight excluding hydrogens is 248 g/mol. The van der Waals surface area contributed by atoms with Gasteiger partial charge < -0.3 is 4.90 Å². The van der Waals surface area contributed by atoms with Crippen molar-refractivity contribution in [3.05, 3.63) is 35.4 Å². The van der Waals surface area contributed by atoms with E-state index in [0.717, 1.165) is 31.7 Å². The molecule has 0 N–H and O–H groups in total. The highest BCUT2D eigenvalue weighted by atomic mass is 19.2. The summed E-state index contributed by atoms with van der Waals surface area (Å²) >= 11 is 0. The van der Waals surface area contributed by atoms with E-state index in [0.29, 0.717) is 12.5 Å². The highest BCUT2D eigenvalue weighted by molar-refractivity contribution is 5.95. The first-order valence-electron chi connectivity index (χ1n) is 6.93. The first kappa shape index (κ1) is 12.6. The van der Waals surface area contributed by atoms with Crippen LogP contribution in [-0.4, -0.2) is 23.4 Å². The van der Waals surface area contributed by atoms with E-state index in [9.17, 15) is 13.6 Å². The zero-order valence-electron chi connectivity index (χ0n) is 10.7. The molecule has 1 aliphatic carbocycles. The van der Waals surface area contributed by atoms with Crippen molar-refractivity contribution in [3.8, 4) is 0 Å². The zero-order valence-corrected chi connectivity index (χ0v) is 10.7. The van der Waals surface area contributed by atoms with Crippen LogP contribution in [0.25, 0.3) is 0 Å². The van der Waals surface area contributed by atoms with Crippen LogP contribution < -0.4 is 0 Å². The number of carbonyl (C=O) groups is 1. The van der Waals surface area contributed by atoms with E-state index in [4.69, 9.17) is 0 Å². The van der Waals surface area contributed by atoms with Gasteiger partial charge >= 0.3 is 0 Å². The van der Waals surface area contributed by atoms with Gasteiger partial charge in [0.05, 0.1) is 5.56 Å². The Labute approximate surface area is 111 Å². The third-order valence-electron chi connectivity index (χ3n) is 4.45. The second-order valence-electron chi connectivity index (χ2n) is 5.50. The summed E-state index contributed by atoms with van der Waals surface area (Å²) in [6.45, 7) is 0.671. The molecule has 0 spiro atoms. The Morgan fingerprint density at radius 2 is 1.95 bits per heavy atom. The fraction of sp³-hybridized carbons (Fsp3) is 0.533. The molecule has 2 atom stereocenters. The molecule has 1 aromatic rings. The van der Waals surface area contributed by atoms with Gasteiger partial charge in [0.15, 0.2) is 11.6 Å². The third kappa shape index (κ3) is 2.13. The highest BCUT2D eigenvalue weighted by Gasteiger charge is 2.39. The van der Waals surface area contributed by atoms with Crippen LogP contribution in [0.3, 0.4) is 0 Å². The summed E-state index contributed by atoms with van der Waals surface area (Å²) in [5, 5.41) is 0. The fourth-order valence-corrected chi connectivity index (χ4v) is 3.48. The van der Waals surface area contributed by atoms with Gasteiger partial charge in [0.2, 0.25) is 0 Å². The van der Waals surface area contributed by atoms with Crippen LogP contribution in [0.1, 0.15) is 42.5 Å². The van der Waals surface area contributed by atoms with E-state index < -0.39 is 11.6 Å². The monoisotopic (exact) mass is 265 g/mol. The molecule has 0 bridgehead atoms. The van der Waals surface area contributed by atoms with E-state index in [1.807, 2.05) is 0 Å². The molecule has 0 unspecified atom stereocenters. The molecular formula is C15H17F2NO. The van der Waals surface area contributed by atoms with E-state index in [2.05, 4.69) is 0 Å². The second kappa shape index (κ2) is 4.91. The van der Waals surface area contributed by atoms with Gasteiger partial charge in [0.1, 0.15) is 0 Å². The third-order valence-corrected chi connectivity index (χ3v) is 4.45. The Balaban J connectivity index is 1.86. The Morgan fingerprint density at radius 1 is 1.16 bits per heavy atom. The lowest BCUT2D eigenvalue weighted by Gasteiger charge is -2.31. The lowest BCUT2D eigenvalue weighted by atomic mass is 9.85. The van der Waals surface area contributed by atoms with E-state index >= 15 is 0 Å². The molecule has 19 heavy (non-hydrogen) atoms. The average Bonchev–Trinajstić information content (AvgIpc) is 2.85. The molecule has 1 aliphatic heterocycles. The number of fused-ring (bicyclic) bond motifs is 1. The summed E-state index contributed by atoms with van der Waals surface area (Å²) in [6, 6.07) is 4.03. The second-order valence-corrected chi connectivity index (χ2v) is 5.50. The van der Waals surface area contributed by atoms with Gasteiger partial charge in [0.25, 0.3) is 5.91 Å². The van der Waals surface area contributed by atoms with Crippen LogP contribution >= 0.6 is 0 Å². The minimum atomic E-state index is -1.02. The molecule has 1 saturated heterocycles. The predicted octanol–water partition coefficient (Wildman–Crippen LogP) is 3.37. The molecule has 2 aliphatic rings. The Kier molecular flexibility index (Phi) is 3.25. The van der Waals surface area contributed by atoms with Crippen molar-refractivity contribution in [3.63, 3.8) is 0 Å². The van der Waals surface area contributed by atoms with Crippen LogP contribution in [-0.2, 0) is 0 Å².